The fraction of sp³-hybridized carbons (Fsp3) is 0.136. The number of rotatable bonds is 6. The van der Waals surface area contributed by atoms with Gasteiger partial charge in [-0.15, -0.1) is 0 Å². The van der Waals surface area contributed by atoms with Gasteiger partial charge in [0, 0.05) is 5.69 Å². The number of anilines is 3. The molecular formula is C22H21N3O3. The average Bonchev–Trinajstić information content (AvgIpc) is 2.71. The molecule has 0 radical (unpaired) electrons. The number of hydrogen-bond acceptors (Lipinski definition) is 5. The van der Waals surface area contributed by atoms with Gasteiger partial charge in [0.1, 0.15) is 5.69 Å². The van der Waals surface area contributed by atoms with Crippen LogP contribution in [0.4, 0.5) is 17.1 Å². The summed E-state index contributed by atoms with van der Waals surface area (Å²) in [6.45, 7) is 4.05. The largest absolute Gasteiger partial charge is 0.462 e. The molecule has 1 aromatic heterocycles. The summed E-state index contributed by atoms with van der Waals surface area (Å²) in [5, 5.41) is 5.95. The zero-order valence-electron chi connectivity index (χ0n) is 15.7. The predicted molar refractivity (Wildman–Crippen MR) is 109 cm³/mol. The fourth-order valence-electron chi connectivity index (χ4n) is 2.57. The van der Waals surface area contributed by atoms with Gasteiger partial charge in [-0.25, -0.2) is 9.78 Å². The topological polar surface area (TPSA) is 80.3 Å². The summed E-state index contributed by atoms with van der Waals surface area (Å²) in [5.41, 5.74) is 3.83. The Morgan fingerprint density at radius 2 is 1.68 bits per heavy atom. The first-order chi connectivity index (χ1) is 13.6. The Bertz CT molecular complexity index is 967. The Labute approximate surface area is 163 Å². The Balaban J connectivity index is 1.70. The Morgan fingerprint density at radius 3 is 2.36 bits per heavy atom. The van der Waals surface area contributed by atoms with Crippen molar-refractivity contribution in [2.45, 2.75) is 13.8 Å². The number of amides is 1. The molecule has 142 valence electrons. The molecule has 6 nitrogen and oxygen atoms in total. The number of aryl methyl sites for hydroxylation is 1. The molecule has 3 rings (SSSR count). The second-order valence-corrected chi connectivity index (χ2v) is 6.14. The molecule has 6 heteroatoms. The highest BCUT2D eigenvalue weighted by Gasteiger charge is 2.13. The number of carbonyl (C=O) groups is 2. The number of para-hydroxylation sites is 1. The van der Waals surface area contributed by atoms with Crippen molar-refractivity contribution in [3.05, 3.63) is 83.7 Å². The highest BCUT2D eigenvalue weighted by Crippen LogP contribution is 2.21. The molecule has 2 aromatic carbocycles. The molecule has 0 atom stereocenters. The quantitative estimate of drug-likeness (QED) is 0.617. The molecule has 0 saturated carbocycles. The van der Waals surface area contributed by atoms with Crippen molar-refractivity contribution in [3.63, 3.8) is 0 Å². The summed E-state index contributed by atoms with van der Waals surface area (Å²) in [5.74, 6) is -0.685. The van der Waals surface area contributed by atoms with Gasteiger partial charge < -0.3 is 15.4 Å². The van der Waals surface area contributed by atoms with Gasteiger partial charge in [-0.2, -0.15) is 0 Å². The van der Waals surface area contributed by atoms with Crippen molar-refractivity contribution < 1.29 is 14.3 Å². The molecule has 0 spiro atoms. The molecule has 3 aromatic rings. The van der Waals surface area contributed by atoms with Gasteiger partial charge in [-0.05, 0) is 50.2 Å². The van der Waals surface area contributed by atoms with Crippen molar-refractivity contribution in [2.24, 2.45) is 0 Å². The van der Waals surface area contributed by atoms with Gasteiger partial charge in [-0.3, -0.25) is 4.79 Å². The molecule has 0 fully saturated rings. The van der Waals surface area contributed by atoms with Gasteiger partial charge in [0.05, 0.1) is 29.7 Å². The van der Waals surface area contributed by atoms with Crippen LogP contribution in [0.15, 0.2) is 66.9 Å². The lowest BCUT2D eigenvalue weighted by atomic mass is 10.1. The van der Waals surface area contributed by atoms with E-state index < -0.39 is 5.97 Å². The monoisotopic (exact) mass is 375 g/mol. The minimum absolute atomic E-state index is 0.290. The first-order valence-electron chi connectivity index (χ1n) is 8.94. The molecular weight excluding hydrogens is 354 g/mol. The number of carbonyl (C=O) groups excluding carboxylic acids is 2. The number of hydrogen-bond donors (Lipinski definition) is 2. The first-order valence-corrected chi connectivity index (χ1v) is 8.94. The van der Waals surface area contributed by atoms with E-state index in [2.05, 4.69) is 15.6 Å². The smallest absolute Gasteiger partial charge is 0.340 e. The van der Waals surface area contributed by atoms with E-state index in [9.17, 15) is 9.59 Å². The van der Waals surface area contributed by atoms with Crippen LogP contribution in [-0.2, 0) is 4.74 Å². The summed E-state index contributed by atoms with van der Waals surface area (Å²) in [6, 6.07) is 18.0. The van der Waals surface area contributed by atoms with Crippen molar-refractivity contribution >= 4 is 28.9 Å². The zero-order chi connectivity index (χ0) is 19.9. The molecule has 1 heterocycles. The lowest BCUT2D eigenvalue weighted by Crippen LogP contribution is -2.13. The zero-order valence-corrected chi connectivity index (χ0v) is 15.7. The SMILES string of the molecule is CCOC(=O)c1ccccc1Nc1ccc(C(=O)Nc2ccc(C)cc2)nc1. The number of ether oxygens (including phenoxy) is 1. The summed E-state index contributed by atoms with van der Waals surface area (Å²) < 4.78 is 5.07. The van der Waals surface area contributed by atoms with Crippen LogP contribution in [0.2, 0.25) is 0 Å². The molecule has 0 aliphatic heterocycles. The molecule has 0 saturated heterocycles. The summed E-state index contributed by atoms with van der Waals surface area (Å²) in [7, 11) is 0. The van der Waals surface area contributed by atoms with E-state index in [-0.39, 0.29) is 5.91 Å². The Morgan fingerprint density at radius 1 is 0.964 bits per heavy atom. The molecule has 1 amide bonds. The number of esters is 1. The maximum absolute atomic E-state index is 12.3. The Kier molecular flexibility index (Phi) is 6.01. The second-order valence-electron chi connectivity index (χ2n) is 6.14. The minimum atomic E-state index is -0.396. The lowest BCUT2D eigenvalue weighted by molar-refractivity contribution is 0.0527. The number of benzene rings is 2. The minimum Gasteiger partial charge on any atom is -0.462 e. The van der Waals surface area contributed by atoms with Crippen LogP contribution in [0, 0.1) is 6.92 Å². The van der Waals surface area contributed by atoms with Crippen LogP contribution in [-0.4, -0.2) is 23.5 Å². The van der Waals surface area contributed by atoms with E-state index in [0.29, 0.717) is 34.9 Å². The highest BCUT2D eigenvalue weighted by molar-refractivity contribution is 6.03. The molecule has 28 heavy (non-hydrogen) atoms. The van der Waals surface area contributed by atoms with Gasteiger partial charge in [0.25, 0.3) is 5.91 Å². The fourth-order valence-corrected chi connectivity index (χ4v) is 2.57. The third-order valence-electron chi connectivity index (χ3n) is 4.01. The molecule has 0 aliphatic rings. The number of aromatic nitrogens is 1. The van der Waals surface area contributed by atoms with Crippen LogP contribution in [0.5, 0.6) is 0 Å². The van der Waals surface area contributed by atoms with Crippen molar-refractivity contribution in [2.75, 3.05) is 17.2 Å². The lowest BCUT2D eigenvalue weighted by Gasteiger charge is -2.11. The highest BCUT2D eigenvalue weighted by atomic mass is 16.5. The van der Waals surface area contributed by atoms with Crippen LogP contribution < -0.4 is 10.6 Å². The summed E-state index contributed by atoms with van der Waals surface area (Å²) >= 11 is 0. The normalized spacial score (nSPS) is 10.2. The van der Waals surface area contributed by atoms with Gasteiger partial charge >= 0.3 is 5.97 Å². The average molecular weight is 375 g/mol. The van der Waals surface area contributed by atoms with Crippen LogP contribution in [0.3, 0.4) is 0 Å². The van der Waals surface area contributed by atoms with Crippen LogP contribution in [0.25, 0.3) is 0 Å². The standard InChI is InChI=1S/C22H21N3O3/c1-3-28-22(27)18-6-4-5-7-19(18)24-17-12-13-20(23-14-17)21(26)25-16-10-8-15(2)9-11-16/h4-14,24H,3H2,1-2H3,(H,25,26). The van der Waals surface area contributed by atoms with Crippen molar-refractivity contribution in [1.29, 1.82) is 0 Å². The maximum Gasteiger partial charge on any atom is 0.340 e. The van der Waals surface area contributed by atoms with E-state index in [1.807, 2.05) is 37.3 Å². The Hall–Kier alpha value is -3.67. The number of nitrogens with one attached hydrogen (secondary N) is 2. The molecule has 2 N–H and O–H groups in total. The van der Waals surface area contributed by atoms with Crippen molar-refractivity contribution in [3.8, 4) is 0 Å². The molecule has 0 unspecified atom stereocenters. The molecule has 0 bridgehead atoms. The maximum atomic E-state index is 12.3. The van der Waals surface area contributed by atoms with E-state index in [1.54, 1.807) is 43.5 Å². The summed E-state index contributed by atoms with van der Waals surface area (Å²) in [4.78, 5) is 28.6. The third kappa shape index (κ3) is 4.73. The number of pyridine rings is 1. The van der Waals surface area contributed by atoms with Crippen LogP contribution in [0.1, 0.15) is 33.3 Å². The number of nitrogens with zero attached hydrogens (tertiary/aromatic N) is 1. The molecule has 0 aliphatic carbocycles. The second kappa shape index (κ2) is 8.81. The van der Waals surface area contributed by atoms with E-state index in [0.717, 1.165) is 5.56 Å². The predicted octanol–water partition coefficient (Wildman–Crippen LogP) is 4.56. The van der Waals surface area contributed by atoms with Gasteiger partial charge in [0.2, 0.25) is 0 Å². The van der Waals surface area contributed by atoms with Crippen LogP contribution >= 0.6 is 0 Å². The van der Waals surface area contributed by atoms with E-state index in [4.69, 9.17) is 4.74 Å². The van der Waals surface area contributed by atoms with E-state index >= 15 is 0 Å². The van der Waals surface area contributed by atoms with Crippen molar-refractivity contribution in [1.82, 2.24) is 4.98 Å². The first kappa shape index (κ1) is 19.1. The van der Waals surface area contributed by atoms with E-state index in [1.165, 1.54) is 0 Å². The van der Waals surface area contributed by atoms with Gasteiger partial charge in [-0.1, -0.05) is 29.8 Å². The van der Waals surface area contributed by atoms with Gasteiger partial charge in [0.15, 0.2) is 0 Å². The summed E-state index contributed by atoms with van der Waals surface area (Å²) in [6.07, 6.45) is 1.55. The third-order valence-corrected chi connectivity index (χ3v) is 4.01.